The van der Waals surface area contributed by atoms with Crippen LogP contribution in [0.3, 0.4) is 0 Å². The standard InChI is InChI=1S/C22H28N2O5/c1-14(18-12-16(28-5)10-11-19(18)25)24-20(26)17-9-7-6-8-15(17)13-23-21(27)29-22(2,3)4/h6-12,14,25H,13H2,1-5H3,(H,23,27)(H,24,26). The number of phenolic OH excluding ortho intramolecular Hbond substituents is 1. The SMILES string of the molecule is COc1ccc(O)c(C(C)NC(=O)c2ccccc2CNC(=O)OC(C)(C)C)c1. The van der Waals surface area contributed by atoms with E-state index in [9.17, 15) is 14.7 Å². The van der Waals surface area contributed by atoms with Gasteiger partial charge in [0.05, 0.1) is 13.2 Å². The molecule has 1 unspecified atom stereocenters. The Balaban J connectivity index is 2.11. The van der Waals surface area contributed by atoms with Gasteiger partial charge in [-0.2, -0.15) is 0 Å². The summed E-state index contributed by atoms with van der Waals surface area (Å²) in [6.45, 7) is 7.27. The van der Waals surface area contributed by atoms with E-state index in [1.54, 1.807) is 64.1 Å². The van der Waals surface area contributed by atoms with Gasteiger partial charge in [-0.1, -0.05) is 18.2 Å². The summed E-state index contributed by atoms with van der Waals surface area (Å²) < 4.78 is 10.4. The summed E-state index contributed by atoms with van der Waals surface area (Å²) in [7, 11) is 1.54. The lowest BCUT2D eigenvalue weighted by Crippen LogP contribution is -2.33. The smallest absolute Gasteiger partial charge is 0.407 e. The molecule has 0 radical (unpaired) electrons. The first kappa shape index (κ1) is 22.1. The van der Waals surface area contributed by atoms with E-state index in [0.29, 0.717) is 22.4 Å². The Labute approximate surface area is 171 Å². The molecule has 29 heavy (non-hydrogen) atoms. The maximum absolute atomic E-state index is 12.8. The van der Waals surface area contributed by atoms with Crippen LogP contribution in [-0.2, 0) is 11.3 Å². The second-order valence-electron chi connectivity index (χ2n) is 7.63. The Kier molecular flexibility index (Phi) is 7.09. The molecule has 0 saturated carbocycles. The zero-order chi connectivity index (χ0) is 21.6. The number of amides is 2. The van der Waals surface area contributed by atoms with Crippen LogP contribution < -0.4 is 15.4 Å². The fourth-order valence-corrected chi connectivity index (χ4v) is 2.74. The van der Waals surface area contributed by atoms with E-state index in [2.05, 4.69) is 10.6 Å². The van der Waals surface area contributed by atoms with Crippen molar-refractivity contribution in [3.05, 3.63) is 59.2 Å². The monoisotopic (exact) mass is 400 g/mol. The molecule has 2 aromatic carbocycles. The number of alkyl carbamates (subject to hydrolysis) is 1. The van der Waals surface area contributed by atoms with E-state index in [1.807, 2.05) is 0 Å². The van der Waals surface area contributed by atoms with Crippen molar-refractivity contribution < 1.29 is 24.2 Å². The summed E-state index contributed by atoms with van der Waals surface area (Å²) in [6, 6.07) is 11.4. The predicted molar refractivity (Wildman–Crippen MR) is 110 cm³/mol. The number of ether oxygens (including phenoxy) is 2. The van der Waals surface area contributed by atoms with Crippen molar-refractivity contribution in [2.75, 3.05) is 7.11 Å². The Morgan fingerprint density at radius 1 is 1.14 bits per heavy atom. The number of aromatic hydroxyl groups is 1. The minimum absolute atomic E-state index is 0.0680. The van der Waals surface area contributed by atoms with E-state index in [1.165, 1.54) is 13.2 Å². The van der Waals surface area contributed by atoms with Gasteiger partial charge in [0.25, 0.3) is 5.91 Å². The Hall–Kier alpha value is -3.22. The van der Waals surface area contributed by atoms with Gasteiger partial charge in [0.15, 0.2) is 0 Å². The van der Waals surface area contributed by atoms with Crippen molar-refractivity contribution in [1.29, 1.82) is 0 Å². The molecule has 3 N–H and O–H groups in total. The van der Waals surface area contributed by atoms with Crippen molar-refractivity contribution in [2.45, 2.75) is 45.9 Å². The van der Waals surface area contributed by atoms with Crippen LogP contribution in [0, 0.1) is 0 Å². The average Bonchev–Trinajstić information content (AvgIpc) is 2.65. The number of methoxy groups -OCH3 is 1. The van der Waals surface area contributed by atoms with E-state index in [4.69, 9.17) is 9.47 Å². The molecule has 1 atom stereocenters. The summed E-state index contributed by atoms with van der Waals surface area (Å²) in [5, 5.41) is 15.6. The second-order valence-corrected chi connectivity index (χ2v) is 7.63. The summed E-state index contributed by atoms with van der Waals surface area (Å²) in [4.78, 5) is 24.7. The van der Waals surface area contributed by atoms with Crippen molar-refractivity contribution in [3.63, 3.8) is 0 Å². The second kappa shape index (κ2) is 9.32. The lowest BCUT2D eigenvalue weighted by molar-refractivity contribution is 0.0522. The maximum Gasteiger partial charge on any atom is 0.407 e. The molecule has 2 aromatic rings. The van der Waals surface area contributed by atoms with Gasteiger partial charge in [-0.3, -0.25) is 4.79 Å². The highest BCUT2D eigenvalue weighted by atomic mass is 16.6. The van der Waals surface area contributed by atoms with Gasteiger partial charge in [-0.15, -0.1) is 0 Å². The maximum atomic E-state index is 12.8. The van der Waals surface area contributed by atoms with Crippen molar-refractivity contribution in [1.82, 2.24) is 10.6 Å². The van der Waals surface area contributed by atoms with E-state index < -0.39 is 17.7 Å². The highest BCUT2D eigenvalue weighted by Gasteiger charge is 2.19. The Morgan fingerprint density at radius 2 is 1.83 bits per heavy atom. The van der Waals surface area contributed by atoms with Gasteiger partial charge in [0.2, 0.25) is 0 Å². The number of phenols is 1. The highest BCUT2D eigenvalue weighted by molar-refractivity contribution is 5.96. The van der Waals surface area contributed by atoms with Crippen LogP contribution in [0.25, 0.3) is 0 Å². The molecule has 7 nitrogen and oxygen atoms in total. The van der Waals surface area contributed by atoms with Crippen molar-refractivity contribution >= 4 is 12.0 Å². The molecule has 2 amide bonds. The summed E-state index contributed by atoms with van der Waals surface area (Å²) >= 11 is 0. The molecule has 0 saturated heterocycles. The van der Waals surface area contributed by atoms with E-state index in [-0.39, 0.29) is 18.2 Å². The number of carbonyl (C=O) groups is 2. The van der Waals surface area contributed by atoms with Gasteiger partial charge < -0.3 is 25.2 Å². The van der Waals surface area contributed by atoms with E-state index in [0.717, 1.165) is 0 Å². The highest BCUT2D eigenvalue weighted by Crippen LogP contribution is 2.28. The topological polar surface area (TPSA) is 96.9 Å². The molecule has 0 spiro atoms. The van der Waals surface area contributed by atoms with Gasteiger partial charge in [0.1, 0.15) is 17.1 Å². The molecule has 0 aliphatic carbocycles. The third kappa shape index (κ3) is 6.41. The van der Waals surface area contributed by atoms with Crippen LogP contribution in [0.4, 0.5) is 4.79 Å². The molecule has 7 heteroatoms. The molecule has 0 bridgehead atoms. The normalized spacial score (nSPS) is 12.0. The van der Waals surface area contributed by atoms with Gasteiger partial charge in [-0.25, -0.2) is 4.79 Å². The Morgan fingerprint density at radius 3 is 2.48 bits per heavy atom. The minimum atomic E-state index is -0.602. The van der Waals surface area contributed by atoms with Crippen LogP contribution >= 0.6 is 0 Å². The zero-order valence-electron chi connectivity index (χ0n) is 17.4. The fraction of sp³-hybridized carbons (Fsp3) is 0.364. The lowest BCUT2D eigenvalue weighted by atomic mass is 10.0. The van der Waals surface area contributed by atoms with Gasteiger partial charge >= 0.3 is 6.09 Å². The number of benzene rings is 2. The van der Waals surface area contributed by atoms with Crippen molar-refractivity contribution in [2.24, 2.45) is 0 Å². The lowest BCUT2D eigenvalue weighted by Gasteiger charge is -2.20. The van der Waals surface area contributed by atoms with Gasteiger partial charge in [0, 0.05) is 17.7 Å². The molecule has 0 aliphatic heterocycles. The van der Waals surface area contributed by atoms with Crippen molar-refractivity contribution in [3.8, 4) is 11.5 Å². The molecule has 0 heterocycles. The molecular formula is C22H28N2O5. The summed E-state index contributed by atoms with van der Waals surface area (Å²) in [5.41, 5.74) is 1.02. The number of rotatable bonds is 6. The van der Waals surface area contributed by atoms with Crippen LogP contribution in [0.15, 0.2) is 42.5 Å². The van der Waals surface area contributed by atoms with Crippen LogP contribution in [0.5, 0.6) is 11.5 Å². The van der Waals surface area contributed by atoms with Gasteiger partial charge in [-0.05, 0) is 57.5 Å². The minimum Gasteiger partial charge on any atom is -0.508 e. The van der Waals surface area contributed by atoms with Crippen LogP contribution in [-0.4, -0.2) is 29.8 Å². The first-order valence-electron chi connectivity index (χ1n) is 9.33. The molecule has 156 valence electrons. The summed E-state index contributed by atoms with van der Waals surface area (Å²) in [6.07, 6.45) is -0.553. The molecule has 0 fully saturated rings. The molecule has 0 aromatic heterocycles. The number of nitrogens with one attached hydrogen (secondary N) is 2. The zero-order valence-corrected chi connectivity index (χ0v) is 17.4. The molecule has 2 rings (SSSR count). The number of hydrogen-bond acceptors (Lipinski definition) is 5. The largest absolute Gasteiger partial charge is 0.508 e. The third-order valence-electron chi connectivity index (χ3n) is 4.13. The van der Waals surface area contributed by atoms with Crippen LogP contribution in [0.2, 0.25) is 0 Å². The van der Waals surface area contributed by atoms with E-state index >= 15 is 0 Å². The third-order valence-corrected chi connectivity index (χ3v) is 4.13. The summed E-state index contributed by atoms with van der Waals surface area (Å²) in [5.74, 6) is 0.334. The predicted octanol–water partition coefficient (Wildman–Crippen LogP) is 3.92. The van der Waals surface area contributed by atoms with Crippen LogP contribution in [0.1, 0.15) is 55.2 Å². The average molecular weight is 400 g/mol. The fourth-order valence-electron chi connectivity index (χ4n) is 2.74. The molecule has 0 aliphatic rings. The molecular weight excluding hydrogens is 372 g/mol. The number of hydrogen-bond donors (Lipinski definition) is 3. The Bertz CT molecular complexity index is 874. The number of carbonyl (C=O) groups excluding carboxylic acids is 2. The first-order valence-corrected chi connectivity index (χ1v) is 9.33. The first-order chi connectivity index (χ1) is 13.6. The quantitative estimate of drug-likeness (QED) is 0.683.